The molecule has 1 N–H and O–H groups in total. The monoisotopic (exact) mass is 248 g/mol. The van der Waals surface area contributed by atoms with Gasteiger partial charge >= 0.3 is 6.18 Å². The first kappa shape index (κ1) is 13.9. The molecule has 1 aromatic heterocycles. The van der Waals surface area contributed by atoms with Gasteiger partial charge in [-0.2, -0.15) is 13.2 Å². The molecule has 6 heteroatoms. The zero-order valence-corrected chi connectivity index (χ0v) is 9.71. The van der Waals surface area contributed by atoms with Crippen LogP contribution in [-0.4, -0.2) is 31.4 Å². The number of hydrogen-bond acceptors (Lipinski definition) is 3. The van der Waals surface area contributed by atoms with E-state index in [1.165, 1.54) is 0 Å². The molecule has 96 valence electrons. The predicted octanol–water partition coefficient (Wildman–Crippen LogP) is 2.23. The number of aromatic nitrogens is 1. The third-order valence-corrected chi connectivity index (χ3v) is 2.24. The highest BCUT2D eigenvalue weighted by atomic mass is 19.4. The maximum absolute atomic E-state index is 11.9. The minimum Gasteiger partial charge on any atom is -0.370 e. The van der Waals surface area contributed by atoms with E-state index in [1.54, 1.807) is 13.2 Å². The standard InChI is InChI=1S/C11H15F3N2O/c1-8-3-4-9(5-16-8)10(15-2)6-17-7-11(12,13)14/h3-5,10,15H,6-7H2,1-2H3. The Bertz CT molecular complexity index is 338. The minimum atomic E-state index is -4.29. The second-order valence-electron chi connectivity index (χ2n) is 3.70. The summed E-state index contributed by atoms with van der Waals surface area (Å²) in [5, 5.41) is 2.89. The predicted molar refractivity (Wildman–Crippen MR) is 57.6 cm³/mol. The summed E-state index contributed by atoms with van der Waals surface area (Å²) in [6.07, 6.45) is -2.66. The highest BCUT2D eigenvalue weighted by Crippen LogP contribution is 2.17. The summed E-state index contributed by atoms with van der Waals surface area (Å²) in [5.41, 5.74) is 1.67. The van der Waals surface area contributed by atoms with Gasteiger partial charge in [0.2, 0.25) is 0 Å². The highest BCUT2D eigenvalue weighted by Gasteiger charge is 2.27. The number of pyridine rings is 1. The van der Waals surface area contributed by atoms with Gasteiger partial charge in [0.25, 0.3) is 0 Å². The first-order chi connectivity index (χ1) is 7.92. The van der Waals surface area contributed by atoms with E-state index in [0.717, 1.165) is 11.3 Å². The third-order valence-electron chi connectivity index (χ3n) is 2.24. The lowest BCUT2D eigenvalue weighted by molar-refractivity contribution is -0.175. The van der Waals surface area contributed by atoms with E-state index in [2.05, 4.69) is 15.0 Å². The molecule has 1 unspecified atom stereocenters. The second-order valence-corrected chi connectivity index (χ2v) is 3.70. The van der Waals surface area contributed by atoms with Crippen LogP contribution in [0.25, 0.3) is 0 Å². The quantitative estimate of drug-likeness (QED) is 0.867. The topological polar surface area (TPSA) is 34.1 Å². The van der Waals surface area contributed by atoms with Gasteiger partial charge in [-0.3, -0.25) is 4.98 Å². The van der Waals surface area contributed by atoms with Crippen LogP contribution in [0.1, 0.15) is 17.3 Å². The zero-order valence-electron chi connectivity index (χ0n) is 9.71. The number of aryl methyl sites for hydroxylation is 1. The Morgan fingerprint density at radius 3 is 2.59 bits per heavy atom. The number of halogens is 3. The van der Waals surface area contributed by atoms with E-state index in [-0.39, 0.29) is 12.6 Å². The van der Waals surface area contributed by atoms with Crippen LogP contribution >= 0.6 is 0 Å². The fraction of sp³-hybridized carbons (Fsp3) is 0.545. The van der Waals surface area contributed by atoms with Crippen molar-refractivity contribution in [2.75, 3.05) is 20.3 Å². The fourth-order valence-corrected chi connectivity index (χ4v) is 1.32. The number of rotatable bonds is 5. The summed E-state index contributed by atoms with van der Waals surface area (Å²) in [4.78, 5) is 4.09. The second kappa shape index (κ2) is 5.97. The lowest BCUT2D eigenvalue weighted by Crippen LogP contribution is -2.25. The molecule has 1 atom stereocenters. The first-order valence-corrected chi connectivity index (χ1v) is 5.16. The Morgan fingerprint density at radius 1 is 1.41 bits per heavy atom. The van der Waals surface area contributed by atoms with Crippen LogP contribution < -0.4 is 5.32 Å². The molecule has 0 aliphatic rings. The Kier molecular flexibility index (Phi) is 4.89. The molecule has 1 heterocycles. The first-order valence-electron chi connectivity index (χ1n) is 5.16. The molecule has 3 nitrogen and oxygen atoms in total. The van der Waals surface area contributed by atoms with Gasteiger partial charge in [-0.05, 0) is 25.6 Å². The average molecular weight is 248 g/mol. The normalized spacial score (nSPS) is 13.7. The maximum atomic E-state index is 11.9. The highest BCUT2D eigenvalue weighted by molar-refractivity contribution is 5.17. The number of likely N-dealkylation sites (N-methyl/N-ethyl adjacent to an activating group) is 1. The van der Waals surface area contributed by atoms with Gasteiger partial charge in [0.1, 0.15) is 6.61 Å². The van der Waals surface area contributed by atoms with Crippen LogP contribution in [-0.2, 0) is 4.74 Å². The molecular formula is C11H15F3N2O. The van der Waals surface area contributed by atoms with E-state index in [4.69, 9.17) is 0 Å². The van der Waals surface area contributed by atoms with Gasteiger partial charge in [-0.15, -0.1) is 0 Å². The Labute approximate surface area is 98.0 Å². The molecule has 17 heavy (non-hydrogen) atoms. The van der Waals surface area contributed by atoms with E-state index in [1.807, 2.05) is 19.1 Å². The molecule has 0 spiro atoms. The van der Waals surface area contributed by atoms with Crippen molar-refractivity contribution < 1.29 is 17.9 Å². The third kappa shape index (κ3) is 5.14. The number of hydrogen-bond donors (Lipinski definition) is 1. The zero-order chi connectivity index (χ0) is 12.9. The molecule has 0 aliphatic heterocycles. The van der Waals surface area contributed by atoms with Crippen molar-refractivity contribution >= 4 is 0 Å². The van der Waals surface area contributed by atoms with Crippen molar-refractivity contribution in [3.63, 3.8) is 0 Å². The van der Waals surface area contributed by atoms with E-state index >= 15 is 0 Å². The summed E-state index contributed by atoms with van der Waals surface area (Å²) in [6.45, 7) is 0.573. The van der Waals surface area contributed by atoms with Crippen molar-refractivity contribution in [3.8, 4) is 0 Å². The summed E-state index contributed by atoms with van der Waals surface area (Å²) in [7, 11) is 1.67. The van der Waals surface area contributed by atoms with Crippen LogP contribution in [0.3, 0.4) is 0 Å². The van der Waals surface area contributed by atoms with Gasteiger partial charge in [0, 0.05) is 11.9 Å². The Morgan fingerprint density at radius 2 is 2.12 bits per heavy atom. The van der Waals surface area contributed by atoms with Crippen molar-refractivity contribution in [2.24, 2.45) is 0 Å². The van der Waals surface area contributed by atoms with Crippen LogP contribution in [0.5, 0.6) is 0 Å². The van der Waals surface area contributed by atoms with Crippen molar-refractivity contribution in [3.05, 3.63) is 29.6 Å². The van der Waals surface area contributed by atoms with Crippen LogP contribution in [0.15, 0.2) is 18.3 Å². The van der Waals surface area contributed by atoms with E-state index in [9.17, 15) is 13.2 Å². The van der Waals surface area contributed by atoms with E-state index in [0.29, 0.717) is 0 Å². The van der Waals surface area contributed by atoms with Crippen LogP contribution in [0, 0.1) is 6.92 Å². The Hall–Kier alpha value is -1.14. The molecule has 1 aromatic rings. The molecule has 1 rings (SSSR count). The van der Waals surface area contributed by atoms with Crippen LogP contribution in [0.4, 0.5) is 13.2 Å². The lowest BCUT2D eigenvalue weighted by atomic mass is 10.1. The number of nitrogens with zero attached hydrogens (tertiary/aromatic N) is 1. The molecule has 0 fully saturated rings. The molecule has 0 saturated heterocycles. The number of ether oxygens (including phenoxy) is 1. The SMILES string of the molecule is CNC(COCC(F)(F)F)c1ccc(C)nc1. The minimum absolute atomic E-state index is 0.0409. The van der Waals surface area contributed by atoms with Crippen LogP contribution in [0.2, 0.25) is 0 Å². The Balaban J connectivity index is 2.51. The van der Waals surface area contributed by atoms with Crippen molar-refractivity contribution in [1.29, 1.82) is 0 Å². The average Bonchev–Trinajstić information content (AvgIpc) is 2.24. The summed E-state index contributed by atoms with van der Waals surface area (Å²) in [6, 6.07) is 3.34. The van der Waals surface area contributed by atoms with Gasteiger partial charge < -0.3 is 10.1 Å². The van der Waals surface area contributed by atoms with Gasteiger partial charge in [-0.1, -0.05) is 6.07 Å². The largest absolute Gasteiger partial charge is 0.411 e. The molecule has 0 amide bonds. The number of alkyl halides is 3. The number of nitrogens with one attached hydrogen (secondary N) is 1. The molecule has 0 radical (unpaired) electrons. The maximum Gasteiger partial charge on any atom is 0.411 e. The smallest absolute Gasteiger partial charge is 0.370 e. The van der Waals surface area contributed by atoms with Gasteiger partial charge in [0.05, 0.1) is 12.6 Å². The van der Waals surface area contributed by atoms with Crippen molar-refractivity contribution in [1.82, 2.24) is 10.3 Å². The summed E-state index contributed by atoms with van der Waals surface area (Å²) >= 11 is 0. The van der Waals surface area contributed by atoms with Crippen molar-refractivity contribution in [2.45, 2.75) is 19.1 Å². The van der Waals surface area contributed by atoms with Gasteiger partial charge in [-0.25, -0.2) is 0 Å². The molecule has 0 aliphatic carbocycles. The molecule has 0 aromatic carbocycles. The lowest BCUT2D eigenvalue weighted by Gasteiger charge is -2.17. The van der Waals surface area contributed by atoms with E-state index < -0.39 is 12.8 Å². The molecule has 0 saturated carbocycles. The molecule has 0 bridgehead atoms. The summed E-state index contributed by atoms with van der Waals surface area (Å²) in [5.74, 6) is 0. The van der Waals surface area contributed by atoms with Gasteiger partial charge in [0.15, 0.2) is 0 Å². The summed E-state index contributed by atoms with van der Waals surface area (Å²) < 4.78 is 40.3. The fourth-order valence-electron chi connectivity index (χ4n) is 1.32. The molecular weight excluding hydrogens is 233 g/mol.